The molecule has 30 heavy (non-hydrogen) atoms. The fourth-order valence-electron chi connectivity index (χ4n) is 3.31. The third-order valence-corrected chi connectivity index (χ3v) is 5.22. The number of aliphatic imine (C=N–C) groups is 1. The van der Waals surface area contributed by atoms with Gasteiger partial charge in [0.1, 0.15) is 0 Å². The number of nitrogens with zero attached hydrogens (tertiary/aromatic N) is 3. The van der Waals surface area contributed by atoms with Crippen LogP contribution in [0.1, 0.15) is 48.0 Å². The molecule has 8 heteroatoms. The van der Waals surface area contributed by atoms with Gasteiger partial charge in [0.25, 0.3) is 5.91 Å². The quantitative estimate of drug-likeness (QED) is 0.324. The molecule has 0 spiro atoms. The van der Waals surface area contributed by atoms with E-state index in [1.807, 2.05) is 24.3 Å². The van der Waals surface area contributed by atoms with Crippen molar-refractivity contribution in [3.8, 4) is 0 Å². The van der Waals surface area contributed by atoms with Crippen molar-refractivity contribution in [1.29, 1.82) is 0 Å². The Kier molecular flexibility index (Phi) is 11.8. The van der Waals surface area contributed by atoms with Crippen LogP contribution < -0.4 is 10.6 Å². The number of amides is 2. The summed E-state index contributed by atoms with van der Waals surface area (Å²) in [5.41, 5.74) is 1.67. The highest BCUT2D eigenvalue weighted by Crippen LogP contribution is 2.22. The molecule has 1 aliphatic carbocycles. The Balaban J connectivity index is 0.00000450. The maximum Gasteiger partial charge on any atom is 0.253 e. The van der Waals surface area contributed by atoms with Crippen LogP contribution in [0, 0.1) is 5.92 Å². The second-order valence-electron chi connectivity index (χ2n) is 8.09. The molecule has 2 N–H and O–H groups in total. The summed E-state index contributed by atoms with van der Waals surface area (Å²) >= 11 is 0. The van der Waals surface area contributed by atoms with Gasteiger partial charge in [0.15, 0.2) is 5.96 Å². The van der Waals surface area contributed by atoms with Crippen molar-refractivity contribution in [1.82, 2.24) is 20.4 Å². The second-order valence-corrected chi connectivity index (χ2v) is 8.09. The van der Waals surface area contributed by atoms with Crippen molar-refractivity contribution in [2.75, 3.05) is 41.3 Å². The number of nitrogens with one attached hydrogen (secondary N) is 2. The molecule has 1 saturated carbocycles. The van der Waals surface area contributed by atoms with Gasteiger partial charge in [0.2, 0.25) is 5.91 Å². The number of hydrogen-bond acceptors (Lipinski definition) is 3. The summed E-state index contributed by atoms with van der Waals surface area (Å²) in [7, 11) is 6.97. The Morgan fingerprint density at radius 3 is 2.17 bits per heavy atom. The zero-order valence-electron chi connectivity index (χ0n) is 18.6. The van der Waals surface area contributed by atoms with E-state index in [0.29, 0.717) is 24.0 Å². The van der Waals surface area contributed by atoms with Crippen LogP contribution in [0.3, 0.4) is 0 Å². The van der Waals surface area contributed by atoms with E-state index >= 15 is 0 Å². The smallest absolute Gasteiger partial charge is 0.253 e. The third-order valence-electron chi connectivity index (χ3n) is 5.22. The van der Waals surface area contributed by atoms with Crippen molar-refractivity contribution >= 4 is 41.8 Å². The van der Waals surface area contributed by atoms with Crippen molar-refractivity contribution in [3.05, 3.63) is 35.4 Å². The van der Waals surface area contributed by atoms with E-state index in [4.69, 9.17) is 0 Å². The molecular formula is C22H36IN5O2. The number of hydrogen-bond donors (Lipinski definition) is 2. The summed E-state index contributed by atoms with van der Waals surface area (Å²) in [6.07, 6.45) is 6.42. The van der Waals surface area contributed by atoms with Crippen LogP contribution in [0.15, 0.2) is 29.3 Å². The minimum absolute atomic E-state index is 0. The van der Waals surface area contributed by atoms with E-state index in [9.17, 15) is 9.59 Å². The van der Waals surface area contributed by atoms with E-state index in [2.05, 4.69) is 15.6 Å². The maximum absolute atomic E-state index is 12.0. The van der Waals surface area contributed by atoms with Crippen molar-refractivity contribution in [2.45, 2.75) is 38.6 Å². The van der Waals surface area contributed by atoms with E-state index < -0.39 is 0 Å². The van der Waals surface area contributed by atoms with Gasteiger partial charge in [-0.25, -0.2) is 4.99 Å². The van der Waals surface area contributed by atoms with Crippen LogP contribution in [0.2, 0.25) is 0 Å². The molecule has 7 nitrogen and oxygen atoms in total. The van der Waals surface area contributed by atoms with Gasteiger partial charge in [-0.2, -0.15) is 0 Å². The van der Waals surface area contributed by atoms with Crippen LogP contribution >= 0.6 is 24.0 Å². The summed E-state index contributed by atoms with van der Waals surface area (Å²) in [6, 6.07) is 7.49. The van der Waals surface area contributed by atoms with Crippen LogP contribution in [-0.4, -0.2) is 68.9 Å². The highest BCUT2D eigenvalue weighted by atomic mass is 127. The molecule has 0 atom stereocenters. The number of likely N-dealkylation sites (N-methyl/N-ethyl adjacent to an activating group) is 1. The normalized spacial score (nSPS) is 14.5. The molecule has 2 rings (SSSR count). The van der Waals surface area contributed by atoms with Gasteiger partial charge in [-0.3, -0.25) is 9.59 Å². The number of carbonyl (C=O) groups is 2. The highest BCUT2D eigenvalue weighted by Gasteiger charge is 2.14. The Bertz CT molecular complexity index is 698. The van der Waals surface area contributed by atoms with Gasteiger partial charge in [0.05, 0.1) is 13.1 Å². The fourth-order valence-corrected chi connectivity index (χ4v) is 3.31. The van der Waals surface area contributed by atoms with Crippen LogP contribution in [0.4, 0.5) is 0 Å². The molecule has 0 unspecified atom stereocenters. The molecule has 0 heterocycles. The number of carbonyl (C=O) groups excluding carboxylic acids is 2. The van der Waals surface area contributed by atoms with Crippen molar-refractivity contribution in [3.63, 3.8) is 0 Å². The van der Waals surface area contributed by atoms with Crippen LogP contribution in [0.5, 0.6) is 0 Å². The molecule has 0 bridgehead atoms. The zero-order valence-corrected chi connectivity index (χ0v) is 20.9. The van der Waals surface area contributed by atoms with Gasteiger partial charge in [-0.1, -0.05) is 31.4 Å². The monoisotopic (exact) mass is 529 g/mol. The number of rotatable bonds is 7. The molecule has 2 amide bonds. The number of guanidine groups is 1. The second kappa shape index (κ2) is 13.5. The van der Waals surface area contributed by atoms with Gasteiger partial charge < -0.3 is 20.4 Å². The zero-order chi connectivity index (χ0) is 21.2. The first-order valence-electron chi connectivity index (χ1n) is 10.4. The van der Waals surface area contributed by atoms with E-state index in [1.165, 1.54) is 32.1 Å². The largest absolute Gasteiger partial charge is 0.356 e. The predicted molar refractivity (Wildman–Crippen MR) is 132 cm³/mol. The van der Waals surface area contributed by atoms with E-state index in [0.717, 1.165) is 12.1 Å². The van der Waals surface area contributed by atoms with Crippen molar-refractivity contribution in [2.24, 2.45) is 10.9 Å². The molecule has 1 aliphatic rings. The first-order chi connectivity index (χ1) is 13.9. The average molecular weight is 529 g/mol. The molecule has 0 radical (unpaired) electrons. The minimum atomic E-state index is -0.0150. The van der Waals surface area contributed by atoms with E-state index in [-0.39, 0.29) is 42.3 Å². The molecule has 168 valence electrons. The third kappa shape index (κ3) is 8.89. The molecule has 1 aromatic carbocycles. The molecule has 0 saturated heterocycles. The molecule has 0 aliphatic heterocycles. The lowest BCUT2D eigenvalue weighted by Gasteiger charge is -2.23. The van der Waals surface area contributed by atoms with E-state index in [1.54, 1.807) is 38.0 Å². The molecule has 1 aromatic rings. The van der Waals surface area contributed by atoms with Gasteiger partial charge in [-0.15, -0.1) is 24.0 Å². The lowest BCUT2D eigenvalue weighted by Crippen LogP contribution is -2.44. The minimum Gasteiger partial charge on any atom is -0.356 e. The number of halogens is 1. The number of benzene rings is 1. The standard InChI is InChI=1S/C22H35N5O2.HI/c1-26(2)20(28)16-25-22(23-14-17-8-6-5-7-9-17)24-15-18-10-12-19(13-11-18)21(29)27(3)4;/h10-13,17H,5-9,14-16H2,1-4H3,(H2,23,24,25);1H. The molecule has 0 aromatic heterocycles. The lowest BCUT2D eigenvalue weighted by molar-refractivity contribution is -0.127. The Morgan fingerprint density at radius 2 is 1.60 bits per heavy atom. The fraction of sp³-hybridized carbons (Fsp3) is 0.591. The maximum atomic E-state index is 12.0. The Hall–Kier alpha value is -1.84. The Morgan fingerprint density at radius 1 is 0.967 bits per heavy atom. The molecular weight excluding hydrogens is 493 g/mol. The highest BCUT2D eigenvalue weighted by molar-refractivity contribution is 14.0. The average Bonchev–Trinajstić information content (AvgIpc) is 2.73. The lowest BCUT2D eigenvalue weighted by atomic mass is 9.89. The predicted octanol–water partition coefficient (Wildman–Crippen LogP) is 2.71. The van der Waals surface area contributed by atoms with Gasteiger partial charge >= 0.3 is 0 Å². The van der Waals surface area contributed by atoms with Gasteiger partial charge in [-0.05, 0) is 36.5 Å². The summed E-state index contributed by atoms with van der Waals surface area (Å²) in [5, 5.41) is 6.55. The summed E-state index contributed by atoms with van der Waals surface area (Å²) in [5.74, 6) is 1.30. The SMILES string of the molecule is CN(C)C(=O)CNC(=NCc1ccc(C(=O)N(C)C)cc1)NCC1CCCCC1.I. The summed E-state index contributed by atoms with van der Waals surface area (Å²) in [6.45, 7) is 1.56. The van der Waals surface area contributed by atoms with Crippen molar-refractivity contribution < 1.29 is 9.59 Å². The molecule has 1 fully saturated rings. The summed E-state index contributed by atoms with van der Waals surface area (Å²) in [4.78, 5) is 31.7. The first kappa shape index (κ1) is 26.2. The van der Waals surface area contributed by atoms with Crippen LogP contribution in [-0.2, 0) is 11.3 Å². The van der Waals surface area contributed by atoms with Crippen LogP contribution in [0.25, 0.3) is 0 Å². The first-order valence-corrected chi connectivity index (χ1v) is 10.4. The summed E-state index contributed by atoms with van der Waals surface area (Å²) < 4.78 is 0. The Labute approximate surface area is 197 Å². The van der Waals surface area contributed by atoms with Gasteiger partial charge in [0, 0.05) is 40.3 Å². The topological polar surface area (TPSA) is 77.0 Å².